The molecule has 1 saturated carbocycles. The van der Waals surface area contributed by atoms with Crippen LogP contribution in [0.4, 0.5) is 4.39 Å². The first-order valence-electron chi connectivity index (χ1n) is 9.97. The summed E-state index contributed by atoms with van der Waals surface area (Å²) in [4.78, 5) is 16.8. The largest absolute Gasteiger partial charge is 0.342 e. The lowest BCUT2D eigenvalue weighted by Crippen LogP contribution is -2.46. The molecule has 142 valence electrons. The lowest BCUT2D eigenvalue weighted by molar-refractivity contribution is -0.144. The monoisotopic (exact) mass is 378 g/mol. The van der Waals surface area contributed by atoms with E-state index in [0.29, 0.717) is 29.5 Å². The van der Waals surface area contributed by atoms with Crippen molar-refractivity contribution in [3.8, 4) is 0 Å². The van der Waals surface area contributed by atoms with Gasteiger partial charge in [0.05, 0.1) is 0 Å². The molecule has 2 aliphatic heterocycles. The van der Waals surface area contributed by atoms with Gasteiger partial charge in [-0.2, -0.15) is 0 Å². The van der Waals surface area contributed by atoms with Gasteiger partial charge >= 0.3 is 0 Å². The standard InChI is InChI=1S/C21H28ClFN2O/c1-15-5-4-10-25(15)14-16-6-7-18(11-19(16)22)21(23)12-17(13-21)20(26)24-8-2-3-9-24/h6-7,11,15,17H,2-5,8-10,12-14H2,1H3/t15-,17-,21-/m1/s1. The summed E-state index contributed by atoms with van der Waals surface area (Å²) in [7, 11) is 0. The maximum atomic E-state index is 15.3. The van der Waals surface area contributed by atoms with Crippen LogP contribution in [0.3, 0.4) is 0 Å². The van der Waals surface area contributed by atoms with Gasteiger partial charge in [0, 0.05) is 36.6 Å². The van der Waals surface area contributed by atoms with Crippen LogP contribution in [0.5, 0.6) is 0 Å². The predicted molar refractivity (Wildman–Crippen MR) is 102 cm³/mol. The highest BCUT2D eigenvalue weighted by Gasteiger charge is 2.50. The summed E-state index contributed by atoms with van der Waals surface area (Å²) in [5.41, 5.74) is 0.298. The maximum absolute atomic E-state index is 15.3. The number of hydrogen-bond acceptors (Lipinski definition) is 2. The molecule has 0 unspecified atom stereocenters. The summed E-state index contributed by atoms with van der Waals surface area (Å²) in [6.07, 6.45) is 5.20. The van der Waals surface area contributed by atoms with Crippen molar-refractivity contribution in [3.05, 3.63) is 34.3 Å². The first kappa shape index (κ1) is 18.2. The topological polar surface area (TPSA) is 23.6 Å². The summed E-state index contributed by atoms with van der Waals surface area (Å²) in [6.45, 7) is 5.86. The molecule has 1 atom stereocenters. The van der Waals surface area contributed by atoms with Crippen molar-refractivity contribution in [1.29, 1.82) is 0 Å². The number of rotatable bonds is 4. The Labute approximate surface area is 160 Å². The highest BCUT2D eigenvalue weighted by atomic mass is 35.5. The van der Waals surface area contributed by atoms with Crippen molar-refractivity contribution in [2.45, 2.75) is 63.7 Å². The van der Waals surface area contributed by atoms with Gasteiger partial charge in [-0.3, -0.25) is 9.69 Å². The number of carbonyl (C=O) groups is 1. The molecule has 0 aromatic heterocycles. The quantitative estimate of drug-likeness (QED) is 0.768. The Bertz CT molecular complexity index is 683. The van der Waals surface area contributed by atoms with Crippen LogP contribution in [-0.4, -0.2) is 41.4 Å². The minimum Gasteiger partial charge on any atom is -0.342 e. The molecule has 4 rings (SSSR count). The van der Waals surface area contributed by atoms with Gasteiger partial charge in [-0.25, -0.2) is 4.39 Å². The molecular formula is C21H28ClFN2O. The molecule has 3 fully saturated rings. The molecule has 0 bridgehead atoms. The molecule has 5 heteroatoms. The van der Waals surface area contributed by atoms with Crippen LogP contribution in [0.2, 0.25) is 5.02 Å². The summed E-state index contributed by atoms with van der Waals surface area (Å²) in [5, 5.41) is 0.646. The molecular weight excluding hydrogens is 351 g/mol. The molecule has 1 aromatic rings. The molecule has 26 heavy (non-hydrogen) atoms. The van der Waals surface area contributed by atoms with Gasteiger partial charge in [-0.15, -0.1) is 0 Å². The third-order valence-electron chi connectivity index (χ3n) is 6.54. The van der Waals surface area contributed by atoms with Crippen LogP contribution in [0, 0.1) is 5.92 Å². The molecule has 2 heterocycles. The second-order valence-corrected chi connectivity index (χ2v) is 8.78. The molecule has 1 aromatic carbocycles. The van der Waals surface area contributed by atoms with Gasteiger partial charge in [0.2, 0.25) is 5.91 Å². The van der Waals surface area contributed by atoms with E-state index in [4.69, 9.17) is 11.6 Å². The Hall–Kier alpha value is -1.13. The van der Waals surface area contributed by atoms with Crippen LogP contribution < -0.4 is 0 Å². The van der Waals surface area contributed by atoms with Gasteiger partial charge in [0.1, 0.15) is 5.67 Å². The fourth-order valence-corrected chi connectivity index (χ4v) is 4.97. The highest BCUT2D eigenvalue weighted by Crippen LogP contribution is 2.50. The van der Waals surface area contributed by atoms with E-state index in [0.717, 1.165) is 44.6 Å². The Morgan fingerprint density at radius 2 is 1.96 bits per heavy atom. The summed E-state index contributed by atoms with van der Waals surface area (Å²) in [6, 6.07) is 6.22. The number of carbonyl (C=O) groups excluding carboxylic acids is 1. The van der Waals surface area contributed by atoms with Crippen LogP contribution in [0.1, 0.15) is 56.6 Å². The second kappa shape index (κ2) is 7.12. The van der Waals surface area contributed by atoms with Gasteiger partial charge in [-0.05, 0) is 69.2 Å². The number of alkyl halides is 1. The number of halogens is 2. The third-order valence-corrected chi connectivity index (χ3v) is 6.89. The van der Waals surface area contributed by atoms with Crippen LogP contribution >= 0.6 is 11.6 Å². The Morgan fingerprint density at radius 3 is 2.58 bits per heavy atom. The van der Waals surface area contributed by atoms with Crippen molar-refractivity contribution in [3.63, 3.8) is 0 Å². The van der Waals surface area contributed by atoms with Crippen molar-refractivity contribution >= 4 is 17.5 Å². The fraction of sp³-hybridized carbons (Fsp3) is 0.667. The van der Waals surface area contributed by atoms with E-state index < -0.39 is 5.67 Å². The van der Waals surface area contributed by atoms with Gasteiger partial charge in [0.25, 0.3) is 0 Å². The predicted octanol–water partition coefficient (Wildman–Crippen LogP) is 4.52. The lowest BCUT2D eigenvalue weighted by atomic mass is 9.68. The van der Waals surface area contributed by atoms with Crippen LogP contribution in [0.25, 0.3) is 0 Å². The average molecular weight is 379 g/mol. The van der Waals surface area contributed by atoms with Crippen molar-refractivity contribution in [2.75, 3.05) is 19.6 Å². The molecule has 1 aliphatic carbocycles. The molecule has 2 saturated heterocycles. The number of benzene rings is 1. The van der Waals surface area contributed by atoms with Gasteiger partial charge < -0.3 is 4.90 Å². The Kier molecular flexibility index (Phi) is 5.00. The van der Waals surface area contributed by atoms with E-state index in [9.17, 15) is 4.79 Å². The molecule has 0 radical (unpaired) electrons. The van der Waals surface area contributed by atoms with Crippen molar-refractivity contribution in [2.24, 2.45) is 5.92 Å². The fourth-order valence-electron chi connectivity index (χ4n) is 4.73. The summed E-state index contributed by atoms with van der Waals surface area (Å²) >= 11 is 6.48. The van der Waals surface area contributed by atoms with Gasteiger partial charge in [0.15, 0.2) is 0 Å². The van der Waals surface area contributed by atoms with E-state index >= 15 is 4.39 Å². The van der Waals surface area contributed by atoms with E-state index in [1.807, 2.05) is 17.0 Å². The van der Waals surface area contributed by atoms with Crippen molar-refractivity contribution in [1.82, 2.24) is 9.80 Å². The van der Waals surface area contributed by atoms with E-state index in [-0.39, 0.29) is 11.8 Å². The smallest absolute Gasteiger partial charge is 0.225 e. The second-order valence-electron chi connectivity index (χ2n) is 8.37. The normalized spacial score (nSPS) is 32.0. The molecule has 1 amide bonds. The molecule has 0 spiro atoms. The minimum atomic E-state index is -1.40. The summed E-state index contributed by atoms with van der Waals surface area (Å²) < 4.78 is 15.3. The minimum absolute atomic E-state index is 0.140. The number of hydrogen-bond donors (Lipinski definition) is 0. The van der Waals surface area contributed by atoms with Crippen molar-refractivity contribution < 1.29 is 9.18 Å². The Balaban J connectivity index is 1.40. The highest BCUT2D eigenvalue weighted by molar-refractivity contribution is 6.31. The average Bonchev–Trinajstić information content (AvgIpc) is 3.25. The SMILES string of the molecule is C[C@@H]1CCCN1Cc1ccc([C@]2(F)C[C@H](C(=O)N3CCCC3)C2)cc1Cl. The lowest BCUT2D eigenvalue weighted by Gasteiger charge is -2.42. The van der Waals surface area contributed by atoms with E-state index in [1.54, 1.807) is 6.07 Å². The third kappa shape index (κ3) is 3.38. The molecule has 0 N–H and O–H groups in total. The number of amides is 1. The maximum Gasteiger partial charge on any atom is 0.225 e. The Morgan fingerprint density at radius 1 is 1.23 bits per heavy atom. The van der Waals surface area contributed by atoms with Gasteiger partial charge in [-0.1, -0.05) is 23.7 Å². The van der Waals surface area contributed by atoms with E-state index in [2.05, 4.69) is 11.8 Å². The zero-order valence-electron chi connectivity index (χ0n) is 15.5. The van der Waals surface area contributed by atoms with Crippen LogP contribution in [0.15, 0.2) is 18.2 Å². The number of nitrogens with zero attached hydrogens (tertiary/aromatic N) is 2. The first-order chi connectivity index (χ1) is 12.5. The number of likely N-dealkylation sites (tertiary alicyclic amines) is 2. The molecule has 3 nitrogen and oxygen atoms in total. The zero-order chi connectivity index (χ0) is 18.3. The zero-order valence-corrected chi connectivity index (χ0v) is 16.3. The molecule has 3 aliphatic rings. The van der Waals surface area contributed by atoms with E-state index in [1.165, 1.54) is 12.8 Å². The van der Waals surface area contributed by atoms with Crippen LogP contribution in [-0.2, 0) is 17.0 Å². The first-order valence-corrected chi connectivity index (χ1v) is 10.3. The summed E-state index contributed by atoms with van der Waals surface area (Å²) in [5.74, 6) is -0.0245.